The van der Waals surface area contributed by atoms with E-state index in [2.05, 4.69) is 17.1 Å². The molecule has 1 saturated carbocycles. The fraction of sp³-hybridized carbons (Fsp3) is 0.632. The maximum Gasteiger partial charge on any atom is 0.234 e. The van der Waals surface area contributed by atoms with Crippen LogP contribution in [0.5, 0.6) is 0 Å². The normalized spacial score (nSPS) is 28.5. The van der Waals surface area contributed by atoms with E-state index in [-0.39, 0.29) is 17.8 Å². The van der Waals surface area contributed by atoms with E-state index in [9.17, 15) is 9.18 Å². The standard InChI is InChI=1S/C19H27FN2O2/c1-14-4-2-3-5-17(14)21-19(23)13-22-10-11-24-18(12-22)15-6-8-16(20)9-7-15/h6-9,14,17-18H,2-5,10-13H2,1H3,(H,21,23)/t14-,17-,18+/m1/s1. The molecule has 24 heavy (non-hydrogen) atoms. The molecule has 1 heterocycles. The zero-order chi connectivity index (χ0) is 16.9. The number of hydrogen-bond acceptors (Lipinski definition) is 3. The molecule has 1 aromatic rings. The molecule has 3 atom stereocenters. The molecule has 0 radical (unpaired) electrons. The van der Waals surface area contributed by atoms with Crippen molar-refractivity contribution in [2.24, 2.45) is 5.92 Å². The molecular weight excluding hydrogens is 307 g/mol. The molecule has 1 amide bonds. The Morgan fingerprint density at radius 1 is 1.29 bits per heavy atom. The molecule has 4 nitrogen and oxygen atoms in total. The van der Waals surface area contributed by atoms with Crippen molar-refractivity contribution in [3.05, 3.63) is 35.6 Å². The second kappa shape index (κ2) is 8.08. The number of hydrogen-bond donors (Lipinski definition) is 1. The summed E-state index contributed by atoms with van der Waals surface area (Å²) in [6, 6.07) is 6.74. The highest BCUT2D eigenvalue weighted by Crippen LogP contribution is 2.24. The lowest BCUT2D eigenvalue weighted by atomic mass is 9.86. The van der Waals surface area contributed by atoms with Crippen LogP contribution in [-0.4, -0.2) is 43.1 Å². The summed E-state index contributed by atoms with van der Waals surface area (Å²) < 4.78 is 18.8. The van der Waals surface area contributed by atoms with E-state index in [0.717, 1.165) is 18.5 Å². The van der Waals surface area contributed by atoms with Gasteiger partial charge in [0.2, 0.25) is 5.91 Å². The summed E-state index contributed by atoms with van der Waals surface area (Å²) in [5.41, 5.74) is 0.961. The summed E-state index contributed by atoms with van der Waals surface area (Å²) in [6.07, 6.45) is 4.68. The van der Waals surface area contributed by atoms with Crippen LogP contribution in [0.15, 0.2) is 24.3 Å². The van der Waals surface area contributed by atoms with E-state index in [1.807, 2.05) is 0 Å². The van der Waals surface area contributed by atoms with E-state index in [1.54, 1.807) is 12.1 Å². The van der Waals surface area contributed by atoms with Crippen LogP contribution in [0.2, 0.25) is 0 Å². The SMILES string of the molecule is C[C@@H]1CCCC[C@H]1NC(=O)CN1CCO[C@H](c2ccc(F)cc2)C1. The highest BCUT2D eigenvalue weighted by atomic mass is 19.1. The molecule has 1 saturated heterocycles. The van der Waals surface area contributed by atoms with Gasteiger partial charge in [-0.1, -0.05) is 31.9 Å². The largest absolute Gasteiger partial charge is 0.371 e. The average Bonchev–Trinajstić information content (AvgIpc) is 2.58. The van der Waals surface area contributed by atoms with Crippen LogP contribution in [0.4, 0.5) is 4.39 Å². The van der Waals surface area contributed by atoms with E-state index >= 15 is 0 Å². The van der Waals surface area contributed by atoms with Crippen molar-refractivity contribution in [3.8, 4) is 0 Å². The summed E-state index contributed by atoms with van der Waals surface area (Å²) in [4.78, 5) is 14.5. The molecule has 0 aromatic heterocycles. The van der Waals surface area contributed by atoms with Crippen LogP contribution < -0.4 is 5.32 Å². The number of morpholine rings is 1. The average molecular weight is 334 g/mol. The first-order chi connectivity index (χ1) is 11.6. The van der Waals surface area contributed by atoms with Gasteiger partial charge in [-0.15, -0.1) is 0 Å². The minimum atomic E-state index is -0.243. The van der Waals surface area contributed by atoms with Crippen molar-refractivity contribution < 1.29 is 13.9 Å². The number of amides is 1. The van der Waals surface area contributed by atoms with Crippen molar-refractivity contribution >= 4 is 5.91 Å². The molecule has 2 aliphatic rings. The van der Waals surface area contributed by atoms with Crippen LogP contribution in [0.1, 0.15) is 44.3 Å². The highest BCUT2D eigenvalue weighted by Gasteiger charge is 2.26. The second-order valence-electron chi connectivity index (χ2n) is 7.08. The number of halogens is 1. The minimum absolute atomic E-state index is 0.0965. The van der Waals surface area contributed by atoms with Crippen LogP contribution in [-0.2, 0) is 9.53 Å². The highest BCUT2D eigenvalue weighted by molar-refractivity contribution is 5.78. The summed E-state index contributed by atoms with van der Waals surface area (Å²) in [5, 5.41) is 3.21. The summed E-state index contributed by atoms with van der Waals surface area (Å²) in [6.45, 7) is 4.65. The van der Waals surface area contributed by atoms with Gasteiger partial charge in [0.1, 0.15) is 5.82 Å². The van der Waals surface area contributed by atoms with Gasteiger partial charge in [0, 0.05) is 19.1 Å². The van der Waals surface area contributed by atoms with Gasteiger partial charge in [0.05, 0.1) is 19.3 Å². The first-order valence-corrected chi connectivity index (χ1v) is 9.00. The quantitative estimate of drug-likeness (QED) is 0.920. The number of nitrogens with one attached hydrogen (secondary N) is 1. The predicted molar refractivity (Wildman–Crippen MR) is 91.1 cm³/mol. The monoisotopic (exact) mass is 334 g/mol. The molecule has 0 unspecified atom stereocenters. The van der Waals surface area contributed by atoms with Crippen LogP contribution >= 0.6 is 0 Å². The van der Waals surface area contributed by atoms with Gasteiger partial charge in [-0.25, -0.2) is 4.39 Å². The van der Waals surface area contributed by atoms with Gasteiger partial charge in [0.25, 0.3) is 0 Å². The van der Waals surface area contributed by atoms with Crippen LogP contribution in [0.25, 0.3) is 0 Å². The fourth-order valence-corrected chi connectivity index (χ4v) is 3.71. The Hall–Kier alpha value is -1.46. The Morgan fingerprint density at radius 3 is 2.79 bits per heavy atom. The van der Waals surface area contributed by atoms with Crippen molar-refractivity contribution in [1.82, 2.24) is 10.2 Å². The minimum Gasteiger partial charge on any atom is -0.371 e. The Labute approximate surface area is 143 Å². The van der Waals surface area contributed by atoms with Gasteiger partial charge in [-0.3, -0.25) is 9.69 Å². The number of carbonyl (C=O) groups excluding carboxylic acids is 1. The zero-order valence-electron chi connectivity index (χ0n) is 14.3. The van der Waals surface area contributed by atoms with Crippen molar-refractivity contribution in [3.63, 3.8) is 0 Å². The molecule has 1 N–H and O–H groups in total. The summed E-state index contributed by atoms with van der Waals surface area (Å²) in [7, 11) is 0. The third kappa shape index (κ3) is 4.54. The molecule has 1 aromatic carbocycles. The van der Waals surface area contributed by atoms with Gasteiger partial charge in [0.15, 0.2) is 0 Å². The first kappa shape index (κ1) is 17.4. The Morgan fingerprint density at radius 2 is 2.04 bits per heavy atom. The maximum absolute atomic E-state index is 13.1. The molecule has 3 rings (SSSR count). The number of nitrogens with zero attached hydrogens (tertiary/aromatic N) is 1. The van der Waals surface area contributed by atoms with Crippen molar-refractivity contribution in [2.75, 3.05) is 26.2 Å². The molecule has 1 aliphatic carbocycles. The van der Waals surface area contributed by atoms with Crippen LogP contribution in [0.3, 0.4) is 0 Å². The van der Waals surface area contributed by atoms with Crippen molar-refractivity contribution in [2.45, 2.75) is 44.8 Å². The summed E-state index contributed by atoms with van der Waals surface area (Å²) >= 11 is 0. The molecule has 0 bridgehead atoms. The lowest BCUT2D eigenvalue weighted by molar-refractivity contribution is -0.125. The van der Waals surface area contributed by atoms with Crippen molar-refractivity contribution in [1.29, 1.82) is 0 Å². The third-order valence-electron chi connectivity index (χ3n) is 5.22. The number of ether oxygens (including phenoxy) is 1. The third-order valence-corrected chi connectivity index (χ3v) is 5.22. The van der Waals surface area contributed by atoms with E-state index in [1.165, 1.54) is 31.4 Å². The first-order valence-electron chi connectivity index (χ1n) is 9.00. The Bertz CT molecular complexity index is 549. The lowest BCUT2D eigenvalue weighted by Crippen LogP contribution is -2.48. The second-order valence-corrected chi connectivity index (χ2v) is 7.08. The lowest BCUT2D eigenvalue weighted by Gasteiger charge is -2.34. The van der Waals surface area contributed by atoms with Gasteiger partial charge in [-0.05, 0) is 36.5 Å². The smallest absolute Gasteiger partial charge is 0.234 e. The van der Waals surface area contributed by atoms with Gasteiger partial charge >= 0.3 is 0 Å². The Balaban J connectivity index is 1.51. The van der Waals surface area contributed by atoms with E-state index in [4.69, 9.17) is 4.74 Å². The maximum atomic E-state index is 13.1. The van der Waals surface area contributed by atoms with E-state index in [0.29, 0.717) is 31.7 Å². The van der Waals surface area contributed by atoms with E-state index < -0.39 is 0 Å². The Kier molecular flexibility index (Phi) is 5.85. The molecule has 0 spiro atoms. The molecule has 2 fully saturated rings. The molecule has 1 aliphatic heterocycles. The molecular formula is C19H27FN2O2. The summed E-state index contributed by atoms with van der Waals surface area (Å²) in [5.74, 6) is 0.431. The number of rotatable bonds is 4. The van der Waals surface area contributed by atoms with Crippen LogP contribution in [0, 0.1) is 11.7 Å². The zero-order valence-corrected chi connectivity index (χ0v) is 14.3. The fourth-order valence-electron chi connectivity index (χ4n) is 3.71. The van der Waals surface area contributed by atoms with Gasteiger partial charge in [-0.2, -0.15) is 0 Å². The predicted octanol–water partition coefficient (Wildman–Crippen LogP) is 2.89. The topological polar surface area (TPSA) is 41.6 Å². The molecule has 132 valence electrons. The molecule has 5 heteroatoms. The number of benzene rings is 1. The van der Waals surface area contributed by atoms with Gasteiger partial charge < -0.3 is 10.1 Å². The number of carbonyl (C=O) groups is 1.